The summed E-state index contributed by atoms with van der Waals surface area (Å²) in [5.74, 6) is 0.408. The van der Waals surface area contributed by atoms with Gasteiger partial charge in [0, 0.05) is 10.6 Å². The Labute approximate surface area is 116 Å². The molecule has 2 rings (SSSR count). The Kier molecular flexibility index (Phi) is 3.90. The molecule has 0 aliphatic rings. The zero-order valence-electron chi connectivity index (χ0n) is 11.4. The summed E-state index contributed by atoms with van der Waals surface area (Å²) < 4.78 is 0. The monoisotopic (exact) mass is 276 g/mol. The van der Waals surface area contributed by atoms with Crippen molar-refractivity contribution in [1.29, 1.82) is 0 Å². The summed E-state index contributed by atoms with van der Waals surface area (Å²) in [5, 5.41) is 3.74. The lowest BCUT2D eigenvalue weighted by Crippen LogP contribution is -2.24. The van der Waals surface area contributed by atoms with E-state index in [2.05, 4.69) is 20.3 Å². The van der Waals surface area contributed by atoms with Crippen LogP contribution in [-0.4, -0.2) is 20.9 Å². The van der Waals surface area contributed by atoms with Gasteiger partial charge in [-0.05, 0) is 33.8 Å². The van der Waals surface area contributed by atoms with Gasteiger partial charge in [-0.3, -0.25) is 4.79 Å². The number of hydrogen-bond acceptors (Lipinski definition) is 5. The van der Waals surface area contributed by atoms with Crippen molar-refractivity contribution in [3.05, 3.63) is 38.9 Å². The molecule has 2 aromatic heterocycles. The van der Waals surface area contributed by atoms with Crippen molar-refractivity contribution < 1.29 is 4.79 Å². The largest absolute Gasteiger partial charge is 0.344 e. The number of nitrogens with zero attached hydrogens (tertiary/aromatic N) is 3. The second-order valence-corrected chi connectivity index (χ2v) is 5.66. The Morgan fingerprint density at radius 2 is 1.95 bits per heavy atom. The molecule has 0 spiro atoms. The number of carbonyl (C=O) groups is 1. The van der Waals surface area contributed by atoms with Gasteiger partial charge in [-0.2, -0.15) is 0 Å². The van der Waals surface area contributed by atoms with Crippen molar-refractivity contribution in [3.8, 4) is 0 Å². The Bertz CT molecular complexity index is 581. The lowest BCUT2D eigenvalue weighted by molar-refractivity contribution is 0.0945. The van der Waals surface area contributed by atoms with E-state index in [0.717, 1.165) is 16.4 Å². The van der Waals surface area contributed by atoms with Gasteiger partial charge in [-0.1, -0.05) is 0 Å². The molecule has 19 heavy (non-hydrogen) atoms. The second-order valence-electron chi connectivity index (χ2n) is 4.37. The third-order valence-electron chi connectivity index (χ3n) is 2.67. The smallest absolute Gasteiger partial charge is 0.270 e. The Hall–Kier alpha value is -1.82. The van der Waals surface area contributed by atoms with Crippen LogP contribution in [0.5, 0.6) is 0 Å². The van der Waals surface area contributed by atoms with E-state index >= 15 is 0 Å². The lowest BCUT2D eigenvalue weighted by atomic mass is 10.3. The number of aryl methyl sites for hydroxylation is 4. The van der Waals surface area contributed by atoms with E-state index in [1.54, 1.807) is 24.3 Å². The molecule has 0 aliphatic carbocycles. The molecule has 2 heterocycles. The first kappa shape index (κ1) is 13.6. The zero-order chi connectivity index (χ0) is 14.0. The number of thiazole rings is 1. The topological polar surface area (TPSA) is 67.8 Å². The van der Waals surface area contributed by atoms with Gasteiger partial charge in [-0.15, -0.1) is 11.3 Å². The van der Waals surface area contributed by atoms with Crippen molar-refractivity contribution in [2.45, 2.75) is 34.2 Å². The highest BCUT2D eigenvalue weighted by Crippen LogP contribution is 2.16. The molecule has 0 fully saturated rings. The number of hydrogen-bond donors (Lipinski definition) is 1. The van der Waals surface area contributed by atoms with Crippen LogP contribution in [0.1, 0.15) is 37.6 Å². The third kappa shape index (κ3) is 3.35. The predicted octanol–water partition coefficient (Wildman–Crippen LogP) is 2.10. The average molecular weight is 276 g/mol. The highest BCUT2D eigenvalue weighted by atomic mass is 32.1. The summed E-state index contributed by atoms with van der Waals surface area (Å²) in [6.07, 6.45) is 0. The summed E-state index contributed by atoms with van der Waals surface area (Å²) in [4.78, 5) is 25.8. The molecular formula is C13H16N4OS. The van der Waals surface area contributed by atoms with E-state index in [0.29, 0.717) is 18.1 Å². The molecule has 0 radical (unpaired) electrons. The second kappa shape index (κ2) is 5.44. The van der Waals surface area contributed by atoms with E-state index < -0.39 is 0 Å². The highest BCUT2D eigenvalue weighted by Gasteiger charge is 2.10. The maximum atomic E-state index is 12.0. The number of rotatable bonds is 3. The molecular weight excluding hydrogens is 260 g/mol. The first-order chi connectivity index (χ1) is 8.95. The van der Waals surface area contributed by atoms with Crippen LogP contribution in [0, 0.1) is 27.7 Å². The van der Waals surface area contributed by atoms with Gasteiger partial charge in [0.15, 0.2) is 0 Å². The maximum Gasteiger partial charge on any atom is 0.270 e. The molecule has 2 aromatic rings. The van der Waals surface area contributed by atoms with Gasteiger partial charge in [0.1, 0.15) is 16.5 Å². The van der Waals surface area contributed by atoms with Gasteiger partial charge in [-0.25, -0.2) is 15.0 Å². The van der Waals surface area contributed by atoms with E-state index in [1.807, 2.05) is 20.8 Å². The van der Waals surface area contributed by atoms with Crippen LogP contribution < -0.4 is 5.32 Å². The van der Waals surface area contributed by atoms with Gasteiger partial charge < -0.3 is 5.32 Å². The van der Waals surface area contributed by atoms with Crippen molar-refractivity contribution in [2.24, 2.45) is 0 Å². The minimum absolute atomic E-state index is 0.195. The summed E-state index contributed by atoms with van der Waals surface area (Å²) in [7, 11) is 0. The standard InChI is InChI=1S/C13H16N4OS/c1-7-5-11(17-10(4)15-7)13(18)14-6-12-16-8(2)9(3)19-12/h5H,6H2,1-4H3,(H,14,18). The van der Waals surface area contributed by atoms with Gasteiger partial charge >= 0.3 is 0 Å². The van der Waals surface area contributed by atoms with E-state index in [-0.39, 0.29) is 5.91 Å². The quantitative estimate of drug-likeness (QED) is 0.932. The molecule has 100 valence electrons. The third-order valence-corrected chi connectivity index (χ3v) is 3.74. The average Bonchev–Trinajstić information content (AvgIpc) is 2.64. The summed E-state index contributed by atoms with van der Waals surface area (Å²) in [6, 6.07) is 1.68. The number of aromatic nitrogens is 3. The first-order valence-electron chi connectivity index (χ1n) is 5.99. The number of carbonyl (C=O) groups excluding carboxylic acids is 1. The normalized spacial score (nSPS) is 10.5. The SMILES string of the molecule is Cc1cc(C(=O)NCc2nc(C)c(C)s2)nc(C)n1. The molecule has 0 atom stereocenters. The molecule has 0 unspecified atom stereocenters. The lowest BCUT2D eigenvalue weighted by Gasteiger charge is -2.04. The van der Waals surface area contributed by atoms with E-state index in [1.165, 1.54) is 4.88 Å². The maximum absolute atomic E-state index is 12.0. The minimum Gasteiger partial charge on any atom is -0.344 e. The molecule has 1 N–H and O–H groups in total. The fourth-order valence-corrected chi connectivity index (χ4v) is 2.57. The molecule has 0 saturated heterocycles. The van der Waals surface area contributed by atoms with Crippen molar-refractivity contribution in [2.75, 3.05) is 0 Å². The van der Waals surface area contributed by atoms with Crippen molar-refractivity contribution in [1.82, 2.24) is 20.3 Å². The highest BCUT2D eigenvalue weighted by molar-refractivity contribution is 7.11. The molecule has 0 aliphatic heterocycles. The van der Waals surface area contributed by atoms with Crippen LogP contribution in [0.2, 0.25) is 0 Å². The number of nitrogens with one attached hydrogen (secondary N) is 1. The van der Waals surface area contributed by atoms with Crippen molar-refractivity contribution in [3.63, 3.8) is 0 Å². The van der Waals surface area contributed by atoms with Crippen LogP contribution in [0.15, 0.2) is 6.07 Å². The van der Waals surface area contributed by atoms with Crippen LogP contribution in [0.4, 0.5) is 0 Å². The molecule has 6 heteroatoms. The van der Waals surface area contributed by atoms with Gasteiger partial charge in [0.2, 0.25) is 0 Å². The fourth-order valence-electron chi connectivity index (χ4n) is 1.69. The first-order valence-corrected chi connectivity index (χ1v) is 6.80. The summed E-state index contributed by atoms with van der Waals surface area (Å²) >= 11 is 1.60. The molecule has 0 bridgehead atoms. The Morgan fingerprint density at radius 3 is 2.53 bits per heavy atom. The van der Waals surface area contributed by atoms with Gasteiger partial charge in [0.25, 0.3) is 5.91 Å². The molecule has 0 saturated carbocycles. The van der Waals surface area contributed by atoms with Crippen LogP contribution >= 0.6 is 11.3 Å². The Morgan fingerprint density at radius 1 is 1.21 bits per heavy atom. The zero-order valence-corrected chi connectivity index (χ0v) is 12.3. The van der Waals surface area contributed by atoms with Crippen LogP contribution in [0.3, 0.4) is 0 Å². The van der Waals surface area contributed by atoms with E-state index in [4.69, 9.17) is 0 Å². The fraction of sp³-hybridized carbons (Fsp3) is 0.385. The predicted molar refractivity (Wildman–Crippen MR) is 74.3 cm³/mol. The van der Waals surface area contributed by atoms with Gasteiger partial charge in [0.05, 0.1) is 12.2 Å². The summed E-state index contributed by atoms with van der Waals surface area (Å²) in [5.41, 5.74) is 2.21. The number of amides is 1. The molecule has 1 amide bonds. The van der Waals surface area contributed by atoms with E-state index in [9.17, 15) is 4.79 Å². The molecule has 5 nitrogen and oxygen atoms in total. The summed E-state index contributed by atoms with van der Waals surface area (Å²) in [6.45, 7) is 8.04. The van der Waals surface area contributed by atoms with Crippen molar-refractivity contribution >= 4 is 17.2 Å². The Balaban J connectivity index is 2.05. The van der Waals surface area contributed by atoms with Crippen LogP contribution in [0.25, 0.3) is 0 Å². The minimum atomic E-state index is -0.195. The van der Waals surface area contributed by atoms with Crippen LogP contribution in [-0.2, 0) is 6.54 Å². The molecule has 0 aromatic carbocycles.